The third-order valence-electron chi connectivity index (χ3n) is 2.81. The summed E-state index contributed by atoms with van der Waals surface area (Å²) >= 11 is 0. The average Bonchev–Trinajstić information content (AvgIpc) is 2.65. The molecule has 0 fully saturated rings. The second-order valence-corrected chi connectivity index (χ2v) is 4.39. The monoisotopic (exact) mass is 262 g/mol. The Morgan fingerprint density at radius 2 is 2.16 bits per heavy atom. The Morgan fingerprint density at radius 3 is 2.68 bits per heavy atom. The lowest BCUT2D eigenvalue weighted by molar-refractivity contribution is 0.101. The summed E-state index contributed by atoms with van der Waals surface area (Å²) in [7, 11) is 1.82. The standard InChI is InChI=1S/C14H15FN2O2/c1-9-6-11(17(3)16-9)8-19-12-4-5-13(10(2)18)14(15)7-12/h4-7H,8H2,1-3H3. The van der Waals surface area contributed by atoms with Gasteiger partial charge in [0, 0.05) is 13.1 Å². The molecule has 4 nitrogen and oxygen atoms in total. The summed E-state index contributed by atoms with van der Waals surface area (Å²) in [6, 6.07) is 6.14. The van der Waals surface area contributed by atoms with E-state index in [1.54, 1.807) is 10.7 Å². The number of benzene rings is 1. The van der Waals surface area contributed by atoms with Crippen LogP contribution in [0.5, 0.6) is 5.75 Å². The Kier molecular flexibility index (Phi) is 3.64. The van der Waals surface area contributed by atoms with Crippen molar-refractivity contribution >= 4 is 5.78 Å². The van der Waals surface area contributed by atoms with Crippen LogP contribution >= 0.6 is 0 Å². The number of halogens is 1. The maximum absolute atomic E-state index is 13.6. The number of carbonyl (C=O) groups excluding carboxylic acids is 1. The summed E-state index contributed by atoms with van der Waals surface area (Å²) < 4.78 is 20.8. The number of aryl methyl sites for hydroxylation is 2. The number of rotatable bonds is 4. The molecule has 0 bridgehead atoms. The van der Waals surface area contributed by atoms with Gasteiger partial charge in [0.25, 0.3) is 0 Å². The van der Waals surface area contributed by atoms with E-state index < -0.39 is 5.82 Å². The van der Waals surface area contributed by atoms with E-state index in [1.165, 1.54) is 19.1 Å². The van der Waals surface area contributed by atoms with E-state index >= 15 is 0 Å². The zero-order valence-electron chi connectivity index (χ0n) is 11.1. The third kappa shape index (κ3) is 2.99. The number of nitrogens with zero attached hydrogens (tertiary/aromatic N) is 2. The van der Waals surface area contributed by atoms with Gasteiger partial charge in [-0.2, -0.15) is 5.10 Å². The van der Waals surface area contributed by atoms with Crippen molar-refractivity contribution in [1.29, 1.82) is 0 Å². The maximum atomic E-state index is 13.6. The van der Waals surface area contributed by atoms with Crippen LogP contribution in [-0.4, -0.2) is 15.6 Å². The fraction of sp³-hybridized carbons (Fsp3) is 0.286. The van der Waals surface area contributed by atoms with Crippen LogP contribution < -0.4 is 4.74 Å². The zero-order chi connectivity index (χ0) is 14.0. The van der Waals surface area contributed by atoms with Gasteiger partial charge in [0.05, 0.1) is 17.0 Å². The molecular formula is C14H15FN2O2. The van der Waals surface area contributed by atoms with Crippen LogP contribution in [-0.2, 0) is 13.7 Å². The normalized spacial score (nSPS) is 10.5. The molecule has 0 aliphatic rings. The molecule has 1 aromatic heterocycles. The molecule has 0 saturated heterocycles. The van der Waals surface area contributed by atoms with Crippen LogP contribution in [0, 0.1) is 12.7 Å². The highest BCUT2D eigenvalue weighted by molar-refractivity contribution is 5.94. The Morgan fingerprint density at radius 1 is 1.42 bits per heavy atom. The number of hydrogen-bond donors (Lipinski definition) is 0. The van der Waals surface area contributed by atoms with Crippen LogP contribution in [0.1, 0.15) is 28.7 Å². The van der Waals surface area contributed by atoms with Gasteiger partial charge in [-0.25, -0.2) is 4.39 Å². The second-order valence-electron chi connectivity index (χ2n) is 4.39. The predicted octanol–water partition coefficient (Wildman–Crippen LogP) is 2.65. The smallest absolute Gasteiger partial charge is 0.162 e. The summed E-state index contributed by atoms with van der Waals surface area (Å²) in [5, 5.41) is 4.20. The molecule has 2 rings (SSSR count). The zero-order valence-corrected chi connectivity index (χ0v) is 11.1. The number of Topliss-reactive ketones (excluding diaryl/α,β-unsaturated/α-hetero) is 1. The molecule has 0 atom stereocenters. The molecule has 2 aromatic rings. The van der Waals surface area contributed by atoms with Crippen molar-refractivity contribution in [2.24, 2.45) is 7.05 Å². The molecule has 0 amide bonds. The van der Waals surface area contributed by atoms with Crippen molar-refractivity contribution in [3.63, 3.8) is 0 Å². The first-order chi connectivity index (χ1) is 8.97. The van der Waals surface area contributed by atoms with Gasteiger partial charge in [-0.3, -0.25) is 9.48 Å². The topological polar surface area (TPSA) is 44.1 Å². The van der Waals surface area contributed by atoms with Crippen LogP contribution in [0.4, 0.5) is 4.39 Å². The maximum Gasteiger partial charge on any atom is 0.162 e. The molecule has 0 saturated carbocycles. The van der Waals surface area contributed by atoms with Crippen molar-refractivity contribution in [1.82, 2.24) is 9.78 Å². The number of ketones is 1. The lowest BCUT2D eigenvalue weighted by Gasteiger charge is -2.07. The predicted molar refractivity (Wildman–Crippen MR) is 68.7 cm³/mol. The molecule has 19 heavy (non-hydrogen) atoms. The van der Waals surface area contributed by atoms with E-state index in [2.05, 4.69) is 5.10 Å². The highest BCUT2D eigenvalue weighted by Gasteiger charge is 2.09. The molecule has 0 unspecified atom stereocenters. The number of aromatic nitrogens is 2. The summed E-state index contributed by atoms with van der Waals surface area (Å²) in [5.74, 6) is -0.473. The first-order valence-electron chi connectivity index (χ1n) is 5.90. The molecule has 1 aromatic carbocycles. The Balaban J connectivity index is 2.10. The summed E-state index contributed by atoms with van der Waals surface area (Å²) in [4.78, 5) is 11.1. The molecule has 0 N–H and O–H groups in total. The third-order valence-corrected chi connectivity index (χ3v) is 2.81. The number of ether oxygens (including phenoxy) is 1. The van der Waals surface area contributed by atoms with Gasteiger partial charge in [0.15, 0.2) is 5.78 Å². The summed E-state index contributed by atoms with van der Waals surface area (Å²) in [6.07, 6.45) is 0. The van der Waals surface area contributed by atoms with Gasteiger partial charge >= 0.3 is 0 Å². The van der Waals surface area contributed by atoms with Gasteiger partial charge in [0.1, 0.15) is 18.2 Å². The van der Waals surface area contributed by atoms with E-state index in [1.807, 2.05) is 20.0 Å². The lowest BCUT2D eigenvalue weighted by atomic mass is 10.1. The van der Waals surface area contributed by atoms with Crippen LogP contribution in [0.25, 0.3) is 0 Å². The van der Waals surface area contributed by atoms with Gasteiger partial charge < -0.3 is 4.74 Å². The highest BCUT2D eigenvalue weighted by atomic mass is 19.1. The fourth-order valence-corrected chi connectivity index (χ4v) is 1.83. The lowest BCUT2D eigenvalue weighted by Crippen LogP contribution is -2.04. The van der Waals surface area contributed by atoms with Crippen LogP contribution in [0.15, 0.2) is 24.3 Å². The first kappa shape index (κ1) is 13.3. The molecule has 5 heteroatoms. The Hall–Kier alpha value is -2.17. The second kappa shape index (κ2) is 5.22. The minimum atomic E-state index is -0.564. The molecule has 100 valence electrons. The molecule has 0 radical (unpaired) electrons. The minimum Gasteiger partial charge on any atom is -0.487 e. The van der Waals surface area contributed by atoms with Crippen LogP contribution in [0.2, 0.25) is 0 Å². The SMILES string of the molecule is CC(=O)c1ccc(OCc2cc(C)nn2C)cc1F. The molecule has 0 aliphatic carbocycles. The minimum absolute atomic E-state index is 0.0729. The van der Waals surface area contributed by atoms with Crippen molar-refractivity contribution < 1.29 is 13.9 Å². The van der Waals surface area contributed by atoms with E-state index in [-0.39, 0.29) is 11.3 Å². The van der Waals surface area contributed by atoms with E-state index in [4.69, 9.17) is 4.74 Å². The average molecular weight is 262 g/mol. The summed E-state index contributed by atoms with van der Waals surface area (Å²) in [6.45, 7) is 3.53. The van der Waals surface area contributed by atoms with Gasteiger partial charge in [-0.1, -0.05) is 0 Å². The van der Waals surface area contributed by atoms with Crippen molar-refractivity contribution in [3.8, 4) is 5.75 Å². The fourth-order valence-electron chi connectivity index (χ4n) is 1.83. The first-order valence-corrected chi connectivity index (χ1v) is 5.90. The van der Waals surface area contributed by atoms with Crippen molar-refractivity contribution in [3.05, 3.63) is 47.0 Å². The number of carbonyl (C=O) groups is 1. The highest BCUT2D eigenvalue weighted by Crippen LogP contribution is 2.18. The molecule has 1 heterocycles. The summed E-state index contributed by atoms with van der Waals surface area (Å²) in [5.41, 5.74) is 1.87. The van der Waals surface area contributed by atoms with E-state index in [0.29, 0.717) is 12.4 Å². The Bertz CT molecular complexity index is 620. The van der Waals surface area contributed by atoms with Gasteiger partial charge in [0.2, 0.25) is 0 Å². The van der Waals surface area contributed by atoms with Crippen molar-refractivity contribution in [2.75, 3.05) is 0 Å². The molecule has 0 aliphatic heterocycles. The van der Waals surface area contributed by atoms with E-state index in [9.17, 15) is 9.18 Å². The van der Waals surface area contributed by atoms with Crippen LogP contribution in [0.3, 0.4) is 0 Å². The van der Waals surface area contributed by atoms with Gasteiger partial charge in [-0.05, 0) is 32.0 Å². The number of hydrogen-bond acceptors (Lipinski definition) is 3. The van der Waals surface area contributed by atoms with Crippen molar-refractivity contribution in [2.45, 2.75) is 20.5 Å². The Labute approximate surface area is 110 Å². The molecular weight excluding hydrogens is 247 g/mol. The van der Waals surface area contributed by atoms with E-state index in [0.717, 1.165) is 11.4 Å². The molecule has 0 spiro atoms. The largest absolute Gasteiger partial charge is 0.487 e. The quantitative estimate of drug-likeness (QED) is 0.796. The van der Waals surface area contributed by atoms with Gasteiger partial charge in [-0.15, -0.1) is 0 Å².